The predicted octanol–water partition coefficient (Wildman–Crippen LogP) is -0.814. The molecule has 0 aromatic heterocycles. The van der Waals surface area contributed by atoms with Gasteiger partial charge in [-0.3, -0.25) is 15.6 Å². The van der Waals surface area contributed by atoms with Crippen molar-refractivity contribution in [3.63, 3.8) is 0 Å². The predicted molar refractivity (Wildman–Crippen MR) is 54.7 cm³/mol. The quantitative estimate of drug-likeness (QED) is 0.574. The molecule has 3 heterocycles. The van der Waals surface area contributed by atoms with Gasteiger partial charge in [-0.1, -0.05) is 0 Å². The smallest absolute Gasteiger partial charge is 0.129 e. The number of nitrogens with one attached hydrogen (secondary N) is 2. The monoisotopic (exact) mass is 195 g/mol. The Bertz CT molecular complexity index is 235. The Morgan fingerprint density at radius 1 is 1.21 bits per heavy atom. The standard InChI is InChI=1S/C9H17N5/c1-2-4-13(3-1)9-6-14-7-11-12-8(14)5-10-9/h7-10,12H,1-6H2. The van der Waals surface area contributed by atoms with Gasteiger partial charge in [-0.25, -0.2) is 0 Å². The van der Waals surface area contributed by atoms with Crippen LogP contribution in [0.5, 0.6) is 0 Å². The molecule has 5 heteroatoms. The molecule has 2 saturated heterocycles. The molecule has 5 nitrogen and oxygen atoms in total. The third-order valence-electron chi connectivity index (χ3n) is 3.34. The van der Waals surface area contributed by atoms with Crippen LogP contribution in [0.4, 0.5) is 0 Å². The number of hydrogen-bond donors (Lipinski definition) is 2. The summed E-state index contributed by atoms with van der Waals surface area (Å²) >= 11 is 0. The molecular formula is C9H17N5. The summed E-state index contributed by atoms with van der Waals surface area (Å²) in [6, 6.07) is 0. The van der Waals surface area contributed by atoms with Gasteiger partial charge in [0.15, 0.2) is 0 Å². The molecule has 3 aliphatic heterocycles. The third-order valence-corrected chi connectivity index (χ3v) is 3.34. The van der Waals surface area contributed by atoms with Gasteiger partial charge in [0.25, 0.3) is 0 Å². The molecule has 0 aliphatic carbocycles. The number of rotatable bonds is 1. The lowest BCUT2D eigenvalue weighted by Gasteiger charge is -2.39. The summed E-state index contributed by atoms with van der Waals surface area (Å²) in [5, 5.41) is 7.66. The molecule has 14 heavy (non-hydrogen) atoms. The Balaban J connectivity index is 1.63. The number of fused-ring (bicyclic) bond motifs is 1. The summed E-state index contributed by atoms with van der Waals surface area (Å²) in [6.07, 6.45) is 5.55. The highest BCUT2D eigenvalue weighted by Crippen LogP contribution is 2.15. The van der Waals surface area contributed by atoms with Gasteiger partial charge in [0.1, 0.15) is 12.5 Å². The van der Waals surface area contributed by atoms with Gasteiger partial charge in [0, 0.05) is 13.1 Å². The van der Waals surface area contributed by atoms with Gasteiger partial charge in [-0.15, -0.1) is 0 Å². The maximum Gasteiger partial charge on any atom is 0.129 e. The maximum atomic E-state index is 4.08. The fourth-order valence-corrected chi connectivity index (χ4v) is 2.50. The van der Waals surface area contributed by atoms with Crippen LogP contribution in [-0.4, -0.2) is 54.6 Å². The second-order valence-electron chi connectivity index (χ2n) is 4.25. The minimum absolute atomic E-state index is 0.383. The van der Waals surface area contributed by atoms with Gasteiger partial charge in [0.05, 0.1) is 6.17 Å². The van der Waals surface area contributed by atoms with Gasteiger partial charge in [0.2, 0.25) is 0 Å². The molecule has 0 saturated carbocycles. The van der Waals surface area contributed by atoms with E-state index in [4.69, 9.17) is 0 Å². The van der Waals surface area contributed by atoms with Crippen molar-refractivity contribution in [3.05, 3.63) is 0 Å². The molecule has 3 rings (SSSR count). The number of piperazine rings is 1. The lowest BCUT2D eigenvalue weighted by molar-refractivity contribution is 0.107. The molecule has 0 radical (unpaired) electrons. The first kappa shape index (κ1) is 8.49. The Morgan fingerprint density at radius 3 is 2.93 bits per heavy atom. The Hall–Kier alpha value is -0.810. The molecule has 0 amide bonds. The van der Waals surface area contributed by atoms with Gasteiger partial charge in [-0.2, -0.15) is 5.10 Å². The van der Waals surface area contributed by atoms with Crippen molar-refractivity contribution >= 4 is 6.34 Å². The van der Waals surface area contributed by atoms with Crippen molar-refractivity contribution in [1.29, 1.82) is 0 Å². The molecule has 2 atom stereocenters. The molecule has 2 fully saturated rings. The second kappa shape index (κ2) is 3.40. The second-order valence-corrected chi connectivity index (χ2v) is 4.25. The lowest BCUT2D eigenvalue weighted by atomic mass is 10.2. The van der Waals surface area contributed by atoms with E-state index in [2.05, 4.69) is 25.6 Å². The minimum atomic E-state index is 0.383. The molecule has 0 spiro atoms. The van der Waals surface area contributed by atoms with Crippen LogP contribution in [0.2, 0.25) is 0 Å². The summed E-state index contributed by atoms with van der Waals surface area (Å²) in [7, 11) is 0. The highest BCUT2D eigenvalue weighted by molar-refractivity contribution is 5.57. The van der Waals surface area contributed by atoms with E-state index < -0.39 is 0 Å². The number of hydrazone groups is 1. The van der Waals surface area contributed by atoms with Crippen molar-refractivity contribution < 1.29 is 0 Å². The Kier molecular flexibility index (Phi) is 2.06. The highest BCUT2D eigenvalue weighted by Gasteiger charge is 2.32. The summed E-state index contributed by atoms with van der Waals surface area (Å²) < 4.78 is 0. The van der Waals surface area contributed by atoms with Gasteiger partial charge < -0.3 is 4.90 Å². The van der Waals surface area contributed by atoms with E-state index >= 15 is 0 Å². The lowest BCUT2D eigenvalue weighted by Crippen LogP contribution is -2.62. The number of nitrogens with zero attached hydrogens (tertiary/aromatic N) is 3. The average molecular weight is 195 g/mol. The molecule has 0 aromatic carbocycles. The van der Waals surface area contributed by atoms with Crippen LogP contribution in [-0.2, 0) is 0 Å². The van der Waals surface area contributed by atoms with E-state index in [0.29, 0.717) is 12.3 Å². The SMILES string of the molecule is C1=NNC2CNC(N3CCCC3)CN12. The Labute approximate surface area is 84.1 Å². The van der Waals surface area contributed by atoms with Crippen LogP contribution in [0, 0.1) is 0 Å². The topological polar surface area (TPSA) is 42.9 Å². The Morgan fingerprint density at radius 2 is 2.07 bits per heavy atom. The van der Waals surface area contributed by atoms with Crippen molar-refractivity contribution in [3.8, 4) is 0 Å². The van der Waals surface area contributed by atoms with Crippen molar-refractivity contribution in [2.75, 3.05) is 26.2 Å². The average Bonchev–Trinajstić information content (AvgIpc) is 2.88. The highest BCUT2D eigenvalue weighted by atomic mass is 15.5. The van der Waals surface area contributed by atoms with Crippen LogP contribution in [0.15, 0.2) is 5.10 Å². The molecule has 2 N–H and O–H groups in total. The van der Waals surface area contributed by atoms with Crippen LogP contribution >= 0.6 is 0 Å². The van der Waals surface area contributed by atoms with Crippen LogP contribution in [0.25, 0.3) is 0 Å². The van der Waals surface area contributed by atoms with E-state index in [0.717, 1.165) is 13.1 Å². The van der Waals surface area contributed by atoms with E-state index in [1.807, 2.05) is 6.34 Å². The normalized spacial score (nSPS) is 37.3. The van der Waals surface area contributed by atoms with E-state index in [1.165, 1.54) is 25.9 Å². The molecule has 0 bridgehead atoms. The first-order valence-corrected chi connectivity index (χ1v) is 5.45. The van der Waals surface area contributed by atoms with Crippen molar-refractivity contribution in [1.82, 2.24) is 20.5 Å². The van der Waals surface area contributed by atoms with Crippen LogP contribution in [0.3, 0.4) is 0 Å². The van der Waals surface area contributed by atoms with Gasteiger partial charge in [-0.05, 0) is 25.9 Å². The molecular weight excluding hydrogens is 178 g/mol. The fraction of sp³-hybridized carbons (Fsp3) is 0.889. The number of likely N-dealkylation sites (tertiary alicyclic amines) is 1. The zero-order valence-electron chi connectivity index (χ0n) is 8.32. The van der Waals surface area contributed by atoms with E-state index in [-0.39, 0.29) is 0 Å². The zero-order valence-corrected chi connectivity index (χ0v) is 8.32. The molecule has 3 aliphatic rings. The summed E-state index contributed by atoms with van der Waals surface area (Å²) in [4.78, 5) is 4.84. The van der Waals surface area contributed by atoms with E-state index in [9.17, 15) is 0 Å². The summed E-state index contributed by atoms with van der Waals surface area (Å²) in [5.41, 5.74) is 3.08. The van der Waals surface area contributed by atoms with Gasteiger partial charge >= 0.3 is 0 Å². The molecule has 0 aromatic rings. The third kappa shape index (κ3) is 1.36. The largest absolute Gasteiger partial charge is 0.336 e. The zero-order chi connectivity index (χ0) is 9.38. The first-order valence-electron chi connectivity index (χ1n) is 5.45. The summed E-state index contributed by atoms with van der Waals surface area (Å²) in [6.45, 7) is 4.55. The van der Waals surface area contributed by atoms with E-state index in [1.54, 1.807) is 0 Å². The maximum absolute atomic E-state index is 4.08. The van der Waals surface area contributed by atoms with Crippen LogP contribution < -0.4 is 10.7 Å². The molecule has 2 unspecified atom stereocenters. The number of hydrogen-bond acceptors (Lipinski definition) is 5. The molecule has 78 valence electrons. The fourth-order valence-electron chi connectivity index (χ4n) is 2.50. The van der Waals surface area contributed by atoms with Crippen LogP contribution in [0.1, 0.15) is 12.8 Å². The minimum Gasteiger partial charge on any atom is -0.336 e. The first-order chi connectivity index (χ1) is 6.93. The van der Waals surface area contributed by atoms with Crippen molar-refractivity contribution in [2.24, 2.45) is 5.10 Å². The summed E-state index contributed by atoms with van der Waals surface area (Å²) in [5.74, 6) is 0. The van der Waals surface area contributed by atoms with Crippen molar-refractivity contribution in [2.45, 2.75) is 25.2 Å².